The lowest BCUT2D eigenvalue weighted by Gasteiger charge is -2.02. The monoisotopic (exact) mass is 180 g/mol. The predicted octanol–water partition coefficient (Wildman–Crippen LogP) is 1.77. The van der Waals surface area contributed by atoms with Crippen LogP contribution in [-0.4, -0.2) is 28.2 Å². The summed E-state index contributed by atoms with van der Waals surface area (Å²) in [4.78, 5) is 0. The molecule has 1 nitrogen and oxygen atoms in total. The molecule has 0 aromatic carbocycles. The zero-order chi connectivity index (χ0) is 6.69. The first-order valence-electron chi connectivity index (χ1n) is 2.65. The summed E-state index contributed by atoms with van der Waals surface area (Å²) in [5.74, 6) is 1.12. The summed E-state index contributed by atoms with van der Waals surface area (Å²) in [7, 11) is 1.73. The highest BCUT2D eigenvalue weighted by molar-refractivity contribution is 8.49. The molecule has 0 aliphatic carbocycles. The van der Waals surface area contributed by atoms with E-state index >= 15 is 0 Å². The maximum atomic E-state index is 4.98. The predicted molar refractivity (Wildman–Crippen MR) is 48.3 cm³/mol. The van der Waals surface area contributed by atoms with Gasteiger partial charge in [0.2, 0.25) is 0 Å². The van der Waals surface area contributed by atoms with Crippen molar-refractivity contribution in [2.45, 2.75) is 5.25 Å². The molecule has 9 heavy (non-hydrogen) atoms. The molecule has 1 unspecified atom stereocenters. The largest absolute Gasteiger partial charge is 0.383 e. The number of methoxy groups -OCH3 is 1. The molecule has 0 N–H and O–H groups in total. The molecule has 1 rings (SSSR count). The van der Waals surface area contributed by atoms with Crippen LogP contribution in [0.3, 0.4) is 0 Å². The normalized spacial score (nSPS) is 27.2. The molecule has 0 saturated carbocycles. The highest BCUT2D eigenvalue weighted by Gasteiger charge is 2.19. The van der Waals surface area contributed by atoms with Gasteiger partial charge in [0.15, 0.2) is 0 Å². The van der Waals surface area contributed by atoms with E-state index < -0.39 is 0 Å². The van der Waals surface area contributed by atoms with Crippen molar-refractivity contribution in [3.63, 3.8) is 0 Å². The second-order valence-corrected chi connectivity index (χ2v) is 5.28. The summed E-state index contributed by atoms with van der Waals surface area (Å²) in [6.45, 7) is 0.831. The number of thiocarbonyl (C=S) groups is 1. The van der Waals surface area contributed by atoms with Crippen LogP contribution >= 0.6 is 35.7 Å². The Balaban J connectivity index is 2.22. The number of hydrogen-bond donors (Lipinski definition) is 0. The first-order chi connectivity index (χ1) is 4.33. The van der Waals surface area contributed by atoms with Gasteiger partial charge in [0.1, 0.15) is 3.53 Å². The van der Waals surface area contributed by atoms with Crippen molar-refractivity contribution >= 4 is 39.3 Å². The van der Waals surface area contributed by atoms with Crippen LogP contribution in [0.25, 0.3) is 0 Å². The molecule has 1 aliphatic heterocycles. The van der Waals surface area contributed by atoms with Crippen LogP contribution in [0.4, 0.5) is 0 Å². The number of thioether (sulfide) groups is 2. The fourth-order valence-electron chi connectivity index (χ4n) is 0.633. The Morgan fingerprint density at radius 1 is 1.89 bits per heavy atom. The van der Waals surface area contributed by atoms with Gasteiger partial charge in [-0.1, -0.05) is 12.2 Å². The number of hydrogen-bond acceptors (Lipinski definition) is 4. The van der Waals surface area contributed by atoms with E-state index in [1.54, 1.807) is 30.6 Å². The zero-order valence-electron chi connectivity index (χ0n) is 5.12. The third-order valence-corrected chi connectivity index (χ3v) is 4.13. The second-order valence-electron chi connectivity index (χ2n) is 1.76. The minimum absolute atomic E-state index is 0.604. The van der Waals surface area contributed by atoms with E-state index in [0.717, 1.165) is 15.9 Å². The smallest absolute Gasteiger partial charge is 0.104 e. The summed E-state index contributed by atoms with van der Waals surface area (Å²) in [6.07, 6.45) is 0. The molecule has 0 aromatic rings. The Labute approximate surface area is 68.9 Å². The van der Waals surface area contributed by atoms with Gasteiger partial charge in [0, 0.05) is 18.1 Å². The topological polar surface area (TPSA) is 9.23 Å². The van der Waals surface area contributed by atoms with Crippen LogP contribution in [0.15, 0.2) is 0 Å². The van der Waals surface area contributed by atoms with Gasteiger partial charge in [0.25, 0.3) is 0 Å². The van der Waals surface area contributed by atoms with Gasteiger partial charge in [-0.3, -0.25) is 0 Å². The standard InChI is InChI=1S/C5H8OS3/c1-6-2-4-3-8-5(7)9-4/h4H,2-3H2,1H3. The molecule has 4 heteroatoms. The van der Waals surface area contributed by atoms with Crippen LogP contribution in [0.5, 0.6) is 0 Å². The summed E-state index contributed by atoms with van der Waals surface area (Å²) in [6, 6.07) is 0. The SMILES string of the molecule is COCC1CSC(=S)S1. The van der Waals surface area contributed by atoms with Crippen molar-refractivity contribution in [3.05, 3.63) is 0 Å². The summed E-state index contributed by atoms with van der Waals surface area (Å²) >= 11 is 8.50. The van der Waals surface area contributed by atoms with Gasteiger partial charge >= 0.3 is 0 Å². The van der Waals surface area contributed by atoms with Gasteiger partial charge in [0.05, 0.1) is 6.61 Å². The zero-order valence-corrected chi connectivity index (χ0v) is 7.57. The molecule has 0 spiro atoms. The molecule has 1 atom stereocenters. The molecular weight excluding hydrogens is 172 g/mol. The first kappa shape index (κ1) is 7.85. The van der Waals surface area contributed by atoms with Gasteiger partial charge in [-0.25, -0.2) is 0 Å². The fraction of sp³-hybridized carbons (Fsp3) is 0.800. The highest BCUT2D eigenvalue weighted by Crippen LogP contribution is 2.32. The van der Waals surface area contributed by atoms with Gasteiger partial charge < -0.3 is 4.74 Å². The van der Waals surface area contributed by atoms with Crippen LogP contribution in [0.2, 0.25) is 0 Å². The highest BCUT2D eigenvalue weighted by atomic mass is 32.2. The molecule has 0 aromatic heterocycles. The van der Waals surface area contributed by atoms with Crippen molar-refractivity contribution in [1.82, 2.24) is 0 Å². The summed E-state index contributed by atoms with van der Waals surface area (Å²) in [5, 5.41) is 0.604. The molecule has 52 valence electrons. The minimum Gasteiger partial charge on any atom is -0.383 e. The molecule has 1 fully saturated rings. The van der Waals surface area contributed by atoms with E-state index in [0.29, 0.717) is 5.25 Å². The van der Waals surface area contributed by atoms with E-state index in [1.807, 2.05) is 0 Å². The van der Waals surface area contributed by atoms with Crippen LogP contribution in [0, 0.1) is 0 Å². The molecule has 1 heterocycles. The molecule has 0 amide bonds. The third kappa shape index (κ3) is 2.45. The van der Waals surface area contributed by atoms with Gasteiger partial charge in [-0.2, -0.15) is 0 Å². The van der Waals surface area contributed by atoms with Crippen molar-refractivity contribution in [2.75, 3.05) is 19.5 Å². The molecule has 0 radical (unpaired) electrons. The number of rotatable bonds is 2. The lowest BCUT2D eigenvalue weighted by Crippen LogP contribution is -2.08. The maximum absolute atomic E-state index is 4.98. The van der Waals surface area contributed by atoms with Crippen molar-refractivity contribution in [3.8, 4) is 0 Å². The van der Waals surface area contributed by atoms with Gasteiger partial charge in [-0.15, -0.1) is 23.5 Å². The molecule has 0 bridgehead atoms. The minimum atomic E-state index is 0.604. The Morgan fingerprint density at radius 2 is 2.67 bits per heavy atom. The Bertz CT molecular complexity index is 115. The lowest BCUT2D eigenvalue weighted by molar-refractivity contribution is 0.204. The van der Waals surface area contributed by atoms with Crippen LogP contribution in [-0.2, 0) is 4.74 Å². The van der Waals surface area contributed by atoms with Gasteiger partial charge in [-0.05, 0) is 0 Å². The number of ether oxygens (including phenoxy) is 1. The Morgan fingerprint density at radius 3 is 3.11 bits per heavy atom. The third-order valence-electron chi connectivity index (χ3n) is 1.00. The molecule has 1 aliphatic rings. The fourth-order valence-corrected chi connectivity index (χ4v) is 3.50. The van der Waals surface area contributed by atoms with Crippen LogP contribution < -0.4 is 0 Å². The van der Waals surface area contributed by atoms with Crippen molar-refractivity contribution in [2.24, 2.45) is 0 Å². The average Bonchev–Trinajstić information content (AvgIpc) is 2.17. The van der Waals surface area contributed by atoms with Crippen molar-refractivity contribution < 1.29 is 4.74 Å². The summed E-state index contributed by atoms with van der Waals surface area (Å²) in [5.41, 5.74) is 0. The average molecular weight is 180 g/mol. The van der Waals surface area contributed by atoms with E-state index in [2.05, 4.69) is 0 Å². The van der Waals surface area contributed by atoms with Crippen LogP contribution in [0.1, 0.15) is 0 Å². The Hall–Kier alpha value is 0.750. The maximum Gasteiger partial charge on any atom is 0.104 e. The molecular formula is C5H8OS3. The second kappa shape index (κ2) is 3.81. The van der Waals surface area contributed by atoms with E-state index in [-0.39, 0.29) is 0 Å². The van der Waals surface area contributed by atoms with E-state index in [4.69, 9.17) is 17.0 Å². The quantitative estimate of drug-likeness (QED) is 0.599. The lowest BCUT2D eigenvalue weighted by atomic mass is 10.5. The van der Waals surface area contributed by atoms with E-state index in [1.165, 1.54) is 0 Å². The molecule has 1 saturated heterocycles. The van der Waals surface area contributed by atoms with E-state index in [9.17, 15) is 0 Å². The Kier molecular flexibility index (Phi) is 3.32. The summed E-state index contributed by atoms with van der Waals surface area (Å²) < 4.78 is 6.05. The van der Waals surface area contributed by atoms with Crippen molar-refractivity contribution in [1.29, 1.82) is 0 Å². The first-order valence-corrected chi connectivity index (χ1v) is 4.92.